The second-order valence-corrected chi connectivity index (χ2v) is 6.24. The fourth-order valence-corrected chi connectivity index (χ4v) is 2.95. The van der Waals surface area contributed by atoms with Crippen LogP contribution in [-0.4, -0.2) is 29.6 Å². The summed E-state index contributed by atoms with van der Waals surface area (Å²) in [7, 11) is 0. The number of alkyl halides is 2. The lowest BCUT2D eigenvalue weighted by Gasteiger charge is -2.14. The van der Waals surface area contributed by atoms with E-state index in [1.165, 1.54) is 6.07 Å². The summed E-state index contributed by atoms with van der Waals surface area (Å²) in [5.41, 5.74) is 0.733. The topological polar surface area (TPSA) is 75.6 Å². The van der Waals surface area contributed by atoms with Crippen LogP contribution in [-0.2, 0) is 11.2 Å². The van der Waals surface area contributed by atoms with Crippen LogP contribution in [0.3, 0.4) is 0 Å². The van der Waals surface area contributed by atoms with Gasteiger partial charge < -0.3 is 15.2 Å². The van der Waals surface area contributed by atoms with Crippen molar-refractivity contribution in [1.82, 2.24) is 5.32 Å². The molecule has 0 aliphatic rings. The van der Waals surface area contributed by atoms with Crippen LogP contribution in [0.5, 0.6) is 5.75 Å². The van der Waals surface area contributed by atoms with E-state index in [0.29, 0.717) is 4.88 Å². The molecule has 1 heterocycles. The Labute approximate surface area is 140 Å². The van der Waals surface area contributed by atoms with Crippen LogP contribution in [0, 0.1) is 6.92 Å². The monoisotopic (exact) mass is 355 g/mol. The molecule has 1 aromatic carbocycles. The first-order chi connectivity index (χ1) is 11.4. The summed E-state index contributed by atoms with van der Waals surface area (Å²) in [6.45, 7) is -1.43. The van der Waals surface area contributed by atoms with E-state index < -0.39 is 24.5 Å². The molecule has 8 heteroatoms. The average molecular weight is 355 g/mol. The maximum absolute atomic E-state index is 12.4. The van der Waals surface area contributed by atoms with Gasteiger partial charge in [0.1, 0.15) is 16.7 Å². The predicted octanol–water partition coefficient (Wildman–Crippen LogP) is 3.08. The zero-order chi connectivity index (χ0) is 17.7. The molecule has 0 aliphatic carbocycles. The quantitative estimate of drug-likeness (QED) is 0.800. The molecule has 1 atom stereocenters. The van der Waals surface area contributed by atoms with Crippen molar-refractivity contribution in [2.24, 2.45) is 0 Å². The number of carbonyl (C=O) groups excluding carboxylic acids is 1. The molecule has 5 nitrogen and oxygen atoms in total. The van der Waals surface area contributed by atoms with Crippen molar-refractivity contribution in [1.29, 1.82) is 0 Å². The van der Waals surface area contributed by atoms with Crippen LogP contribution in [0.4, 0.5) is 8.78 Å². The molecule has 128 valence electrons. The summed E-state index contributed by atoms with van der Waals surface area (Å²) in [5, 5.41) is 11.6. The lowest BCUT2D eigenvalue weighted by molar-refractivity contribution is -0.139. The van der Waals surface area contributed by atoms with E-state index in [1.54, 1.807) is 37.3 Å². The number of aryl methyl sites for hydroxylation is 1. The van der Waals surface area contributed by atoms with E-state index in [0.717, 1.165) is 16.9 Å². The molecule has 0 saturated heterocycles. The third-order valence-corrected chi connectivity index (χ3v) is 4.16. The van der Waals surface area contributed by atoms with Crippen molar-refractivity contribution in [3.8, 4) is 5.75 Å². The number of halogens is 2. The molecule has 1 unspecified atom stereocenters. The molecule has 0 fully saturated rings. The van der Waals surface area contributed by atoms with Gasteiger partial charge >= 0.3 is 12.6 Å². The van der Waals surface area contributed by atoms with Gasteiger partial charge in [0.05, 0.1) is 0 Å². The number of carboxylic acids is 1. The van der Waals surface area contributed by atoms with Gasteiger partial charge in [0, 0.05) is 11.3 Å². The predicted molar refractivity (Wildman–Crippen MR) is 84.7 cm³/mol. The smallest absolute Gasteiger partial charge is 0.387 e. The molecule has 1 amide bonds. The van der Waals surface area contributed by atoms with Gasteiger partial charge in [0.2, 0.25) is 0 Å². The number of benzene rings is 1. The molecular weight excluding hydrogens is 340 g/mol. The third-order valence-electron chi connectivity index (χ3n) is 3.13. The summed E-state index contributed by atoms with van der Waals surface area (Å²) in [5.74, 6) is -2.22. The van der Waals surface area contributed by atoms with Crippen molar-refractivity contribution < 1.29 is 28.2 Å². The highest BCUT2D eigenvalue weighted by Crippen LogP contribution is 2.30. The van der Waals surface area contributed by atoms with Crippen LogP contribution in [0.2, 0.25) is 0 Å². The van der Waals surface area contributed by atoms with Crippen molar-refractivity contribution in [2.75, 3.05) is 0 Å². The number of hydrogen-bond acceptors (Lipinski definition) is 4. The molecular formula is C16H15F2NO4S. The van der Waals surface area contributed by atoms with Crippen LogP contribution < -0.4 is 10.1 Å². The third kappa shape index (κ3) is 4.76. The van der Waals surface area contributed by atoms with E-state index in [9.17, 15) is 23.5 Å². The number of aliphatic carboxylic acids is 1. The molecule has 0 spiro atoms. The number of thiophene rings is 1. The van der Waals surface area contributed by atoms with Crippen LogP contribution in [0.1, 0.15) is 20.1 Å². The molecule has 2 rings (SSSR count). The maximum atomic E-state index is 12.4. The SMILES string of the molecule is Cc1cc(OC(F)F)c(C(=O)NC(Cc2ccccc2)C(=O)O)s1. The fourth-order valence-electron chi connectivity index (χ4n) is 2.11. The molecule has 2 aromatic rings. The number of carbonyl (C=O) groups is 2. The Kier molecular flexibility index (Phi) is 5.86. The number of hydrogen-bond donors (Lipinski definition) is 2. The van der Waals surface area contributed by atoms with E-state index in [1.807, 2.05) is 0 Å². The van der Waals surface area contributed by atoms with E-state index >= 15 is 0 Å². The van der Waals surface area contributed by atoms with Crippen molar-refractivity contribution >= 4 is 23.2 Å². The van der Waals surface area contributed by atoms with Crippen molar-refractivity contribution in [2.45, 2.75) is 26.0 Å². The summed E-state index contributed by atoms with van der Waals surface area (Å²) < 4.78 is 29.1. The molecule has 0 bridgehead atoms. The van der Waals surface area contributed by atoms with Crippen molar-refractivity contribution in [3.63, 3.8) is 0 Å². The minimum absolute atomic E-state index is 0.0767. The fraction of sp³-hybridized carbons (Fsp3) is 0.250. The van der Waals surface area contributed by atoms with Gasteiger partial charge in [-0.05, 0) is 18.6 Å². The zero-order valence-electron chi connectivity index (χ0n) is 12.7. The number of ether oxygens (including phenoxy) is 1. The minimum Gasteiger partial charge on any atom is -0.480 e. The first-order valence-corrected chi connectivity index (χ1v) is 7.81. The summed E-state index contributed by atoms with van der Waals surface area (Å²) in [4.78, 5) is 24.2. The number of amides is 1. The molecule has 24 heavy (non-hydrogen) atoms. The average Bonchev–Trinajstić information content (AvgIpc) is 2.87. The number of carboxylic acid groups (broad SMARTS) is 1. The highest BCUT2D eigenvalue weighted by Gasteiger charge is 2.25. The Hall–Kier alpha value is -2.48. The standard InChI is InChI=1S/C16H15F2NO4S/c1-9-7-12(23-16(17)18)13(24-9)14(20)19-11(15(21)22)8-10-5-3-2-4-6-10/h2-7,11,16H,8H2,1H3,(H,19,20)(H,21,22). The van der Waals surface area contributed by atoms with Crippen LogP contribution in [0.15, 0.2) is 36.4 Å². The molecule has 1 aromatic heterocycles. The number of rotatable bonds is 7. The van der Waals surface area contributed by atoms with E-state index in [4.69, 9.17) is 0 Å². The van der Waals surface area contributed by atoms with Gasteiger partial charge in [-0.15, -0.1) is 11.3 Å². The summed E-state index contributed by atoms with van der Waals surface area (Å²) in [6.07, 6.45) is 0.0807. The Morgan fingerprint density at radius 1 is 1.29 bits per heavy atom. The Morgan fingerprint density at radius 3 is 2.54 bits per heavy atom. The summed E-state index contributed by atoms with van der Waals surface area (Å²) >= 11 is 0.961. The van der Waals surface area contributed by atoms with Crippen LogP contribution in [0.25, 0.3) is 0 Å². The van der Waals surface area contributed by atoms with Gasteiger partial charge in [-0.25, -0.2) is 4.79 Å². The van der Waals surface area contributed by atoms with Gasteiger partial charge in [-0.3, -0.25) is 4.79 Å². The molecule has 0 aliphatic heterocycles. The van der Waals surface area contributed by atoms with Crippen molar-refractivity contribution in [3.05, 3.63) is 51.7 Å². The van der Waals surface area contributed by atoms with Gasteiger partial charge in [-0.1, -0.05) is 30.3 Å². The van der Waals surface area contributed by atoms with Crippen LogP contribution >= 0.6 is 11.3 Å². The summed E-state index contributed by atoms with van der Waals surface area (Å²) in [6, 6.07) is 8.92. The maximum Gasteiger partial charge on any atom is 0.387 e. The van der Waals surface area contributed by atoms with E-state index in [-0.39, 0.29) is 17.0 Å². The lowest BCUT2D eigenvalue weighted by Crippen LogP contribution is -2.42. The Morgan fingerprint density at radius 2 is 1.96 bits per heavy atom. The normalized spacial score (nSPS) is 12.0. The largest absolute Gasteiger partial charge is 0.480 e. The highest BCUT2D eigenvalue weighted by molar-refractivity contribution is 7.14. The Balaban J connectivity index is 2.15. The van der Waals surface area contributed by atoms with Gasteiger partial charge in [0.25, 0.3) is 5.91 Å². The zero-order valence-corrected chi connectivity index (χ0v) is 13.5. The lowest BCUT2D eigenvalue weighted by atomic mass is 10.1. The molecule has 0 radical (unpaired) electrons. The number of nitrogens with one attached hydrogen (secondary N) is 1. The second kappa shape index (κ2) is 7.87. The second-order valence-electron chi connectivity index (χ2n) is 4.98. The minimum atomic E-state index is -3.06. The van der Waals surface area contributed by atoms with E-state index in [2.05, 4.69) is 10.1 Å². The first-order valence-electron chi connectivity index (χ1n) is 6.99. The molecule has 2 N–H and O–H groups in total. The highest BCUT2D eigenvalue weighted by atomic mass is 32.1. The Bertz CT molecular complexity index is 718. The van der Waals surface area contributed by atoms with Gasteiger partial charge in [0.15, 0.2) is 0 Å². The first kappa shape index (κ1) is 17.9. The van der Waals surface area contributed by atoms with Gasteiger partial charge in [-0.2, -0.15) is 8.78 Å². The molecule has 0 saturated carbocycles.